The molecule has 0 saturated carbocycles. The molecule has 3 aromatic rings. The first-order chi connectivity index (χ1) is 12.7. The van der Waals surface area contributed by atoms with E-state index < -0.39 is 0 Å². The third kappa shape index (κ3) is 3.35. The highest BCUT2D eigenvalue weighted by atomic mass is 19.1. The average molecular weight is 350 g/mol. The minimum atomic E-state index is -0.271. The van der Waals surface area contributed by atoms with Crippen LogP contribution in [0.25, 0.3) is 11.5 Å². The van der Waals surface area contributed by atoms with Crippen molar-refractivity contribution < 1.29 is 9.13 Å². The molecule has 2 aromatic heterocycles. The third-order valence-corrected chi connectivity index (χ3v) is 4.37. The highest BCUT2D eigenvalue weighted by Crippen LogP contribution is 2.34. The SMILES string of the molecule is CCc1cc(NC2CCOc3ccc(F)cc32)nc(-c2ccccn2)n1. The molecule has 1 N–H and O–H groups in total. The maximum absolute atomic E-state index is 13.7. The van der Waals surface area contributed by atoms with E-state index in [-0.39, 0.29) is 11.9 Å². The van der Waals surface area contributed by atoms with Gasteiger partial charge >= 0.3 is 0 Å². The molecule has 0 spiro atoms. The number of rotatable bonds is 4. The van der Waals surface area contributed by atoms with E-state index in [0.29, 0.717) is 24.0 Å². The smallest absolute Gasteiger partial charge is 0.180 e. The van der Waals surface area contributed by atoms with E-state index in [1.165, 1.54) is 12.1 Å². The number of aromatic nitrogens is 3. The predicted octanol–water partition coefficient (Wildman–Crippen LogP) is 4.18. The molecule has 4 rings (SSSR count). The molecular formula is C20H19FN4O. The lowest BCUT2D eigenvalue weighted by atomic mass is 10.0. The van der Waals surface area contributed by atoms with Crippen molar-refractivity contribution in [2.24, 2.45) is 0 Å². The summed E-state index contributed by atoms with van der Waals surface area (Å²) < 4.78 is 19.3. The molecule has 0 aliphatic carbocycles. The van der Waals surface area contributed by atoms with Crippen LogP contribution in [0.4, 0.5) is 10.2 Å². The molecule has 0 fully saturated rings. The van der Waals surface area contributed by atoms with E-state index in [9.17, 15) is 4.39 Å². The van der Waals surface area contributed by atoms with Crippen molar-refractivity contribution in [3.8, 4) is 17.3 Å². The molecule has 1 unspecified atom stereocenters. The number of pyridine rings is 1. The molecule has 3 heterocycles. The Balaban J connectivity index is 1.68. The topological polar surface area (TPSA) is 59.9 Å². The summed E-state index contributed by atoms with van der Waals surface area (Å²) in [5.74, 6) is 1.73. The van der Waals surface area contributed by atoms with Crippen molar-refractivity contribution in [1.29, 1.82) is 0 Å². The summed E-state index contributed by atoms with van der Waals surface area (Å²) in [4.78, 5) is 13.5. The summed E-state index contributed by atoms with van der Waals surface area (Å²) in [6.45, 7) is 2.63. The number of ether oxygens (including phenoxy) is 1. The zero-order valence-electron chi connectivity index (χ0n) is 14.4. The molecule has 0 amide bonds. The van der Waals surface area contributed by atoms with Gasteiger partial charge in [-0.3, -0.25) is 4.98 Å². The highest BCUT2D eigenvalue weighted by molar-refractivity contribution is 5.54. The fourth-order valence-electron chi connectivity index (χ4n) is 3.06. The van der Waals surface area contributed by atoms with E-state index in [1.54, 1.807) is 12.3 Å². The van der Waals surface area contributed by atoms with Crippen LogP contribution in [0.5, 0.6) is 5.75 Å². The predicted molar refractivity (Wildman–Crippen MR) is 97.5 cm³/mol. The Hall–Kier alpha value is -3.02. The van der Waals surface area contributed by atoms with Gasteiger partial charge in [0.15, 0.2) is 5.82 Å². The van der Waals surface area contributed by atoms with Crippen molar-refractivity contribution in [1.82, 2.24) is 15.0 Å². The highest BCUT2D eigenvalue weighted by Gasteiger charge is 2.23. The van der Waals surface area contributed by atoms with Crippen LogP contribution < -0.4 is 10.1 Å². The normalized spacial score (nSPS) is 15.8. The van der Waals surface area contributed by atoms with Crippen molar-refractivity contribution in [3.05, 3.63) is 65.7 Å². The number of nitrogens with one attached hydrogen (secondary N) is 1. The number of halogens is 1. The lowest BCUT2D eigenvalue weighted by Crippen LogP contribution is -2.21. The molecule has 0 bridgehead atoms. The van der Waals surface area contributed by atoms with Crippen LogP contribution in [0, 0.1) is 5.82 Å². The summed E-state index contributed by atoms with van der Waals surface area (Å²) in [7, 11) is 0. The Morgan fingerprint density at radius 2 is 2.12 bits per heavy atom. The Kier molecular flexibility index (Phi) is 4.48. The number of fused-ring (bicyclic) bond motifs is 1. The molecule has 1 aliphatic rings. The van der Waals surface area contributed by atoms with Crippen LogP contribution >= 0.6 is 0 Å². The molecule has 6 heteroatoms. The number of benzene rings is 1. The minimum Gasteiger partial charge on any atom is -0.493 e. The van der Waals surface area contributed by atoms with Gasteiger partial charge in [-0.2, -0.15) is 0 Å². The first-order valence-corrected chi connectivity index (χ1v) is 8.71. The van der Waals surface area contributed by atoms with Crippen LogP contribution in [0.15, 0.2) is 48.7 Å². The lowest BCUT2D eigenvalue weighted by Gasteiger charge is -2.27. The second kappa shape index (κ2) is 7.07. The van der Waals surface area contributed by atoms with Gasteiger partial charge in [0.2, 0.25) is 0 Å². The Morgan fingerprint density at radius 3 is 2.92 bits per heavy atom. The summed E-state index contributed by atoms with van der Waals surface area (Å²) in [5.41, 5.74) is 2.46. The van der Waals surface area contributed by atoms with Gasteiger partial charge in [-0.15, -0.1) is 0 Å². The van der Waals surface area contributed by atoms with E-state index >= 15 is 0 Å². The average Bonchev–Trinajstić information content (AvgIpc) is 2.69. The van der Waals surface area contributed by atoms with E-state index in [4.69, 9.17) is 4.74 Å². The molecule has 1 atom stereocenters. The zero-order valence-corrected chi connectivity index (χ0v) is 14.4. The summed E-state index contributed by atoms with van der Waals surface area (Å²) in [5, 5.41) is 3.42. The molecule has 1 aliphatic heterocycles. The number of hydrogen-bond acceptors (Lipinski definition) is 5. The van der Waals surface area contributed by atoms with Gasteiger partial charge in [-0.1, -0.05) is 13.0 Å². The zero-order chi connectivity index (χ0) is 17.9. The van der Waals surface area contributed by atoms with Crippen LogP contribution in [0.2, 0.25) is 0 Å². The fraction of sp³-hybridized carbons (Fsp3) is 0.250. The quantitative estimate of drug-likeness (QED) is 0.765. The summed E-state index contributed by atoms with van der Waals surface area (Å²) >= 11 is 0. The van der Waals surface area contributed by atoms with Gasteiger partial charge in [-0.05, 0) is 36.8 Å². The molecule has 132 valence electrons. The number of aryl methyl sites for hydroxylation is 1. The largest absolute Gasteiger partial charge is 0.493 e. The van der Waals surface area contributed by atoms with Crippen LogP contribution in [0.1, 0.15) is 30.6 Å². The Morgan fingerprint density at radius 1 is 1.19 bits per heavy atom. The standard InChI is InChI=1S/C20H19FN4O/c1-2-14-12-19(25-20(23-14)17-5-3-4-9-22-17)24-16-8-10-26-18-7-6-13(21)11-15(16)18/h3-7,9,11-12,16H,2,8,10H2,1H3,(H,23,24,25). The van der Waals surface area contributed by atoms with Crippen molar-refractivity contribution in [3.63, 3.8) is 0 Å². The summed E-state index contributed by atoms with van der Waals surface area (Å²) in [6, 6.07) is 12.1. The van der Waals surface area contributed by atoms with Crippen molar-refractivity contribution in [2.45, 2.75) is 25.8 Å². The second-order valence-electron chi connectivity index (χ2n) is 6.15. The number of anilines is 1. The second-order valence-corrected chi connectivity index (χ2v) is 6.15. The maximum Gasteiger partial charge on any atom is 0.180 e. The van der Waals surface area contributed by atoms with Gasteiger partial charge in [0.25, 0.3) is 0 Å². The minimum absolute atomic E-state index is 0.0642. The van der Waals surface area contributed by atoms with Crippen molar-refractivity contribution >= 4 is 5.82 Å². The number of nitrogens with zero attached hydrogens (tertiary/aromatic N) is 3. The Labute approximate surface area is 151 Å². The molecule has 0 radical (unpaired) electrons. The molecule has 5 nitrogen and oxygen atoms in total. The first kappa shape index (κ1) is 16.4. The van der Waals surface area contributed by atoms with E-state index in [2.05, 4.69) is 20.3 Å². The first-order valence-electron chi connectivity index (χ1n) is 8.71. The van der Waals surface area contributed by atoms with Gasteiger partial charge < -0.3 is 10.1 Å². The molecule has 0 saturated heterocycles. The summed E-state index contributed by atoms with van der Waals surface area (Å²) in [6.07, 6.45) is 3.25. The monoisotopic (exact) mass is 350 g/mol. The van der Waals surface area contributed by atoms with Crippen LogP contribution in [-0.4, -0.2) is 21.6 Å². The van der Waals surface area contributed by atoms with Crippen LogP contribution in [0.3, 0.4) is 0 Å². The Bertz CT molecular complexity index is 917. The third-order valence-electron chi connectivity index (χ3n) is 4.37. The van der Waals surface area contributed by atoms with Crippen molar-refractivity contribution in [2.75, 3.05) is 11.9 Å². The molecule has 1 aromatic carbocycles. The molecule has 26 heavy (non-hydrogen) atoms. The van der Waals surface area contributed by atoms with Gasteiger partial charge in [0.05, 0.1) is 12.6 Å². The van der Waals surface area contributed by atoms with Gasteiger partial charge in [0.1, 0.15) is 23.1 Å². The maximum atomic E-state index is 13.7. The fourth-order valence-corrected chi connectivity index (χ4v) is 3.06. The molecular weight excluding hydrogens is 331 g/mol. The lowest BCUT2D eigenvalue weighted by molar-refractivity contribution is 0.273. The van der Waals surface area contributed by atoms with Gasteiger partial charge in [-0.25, -0.2) is 14.4 Å². The number of hydrogen-bond donors (Lipinski definition) is 1. The van der Waals surface area contributed by atoms with E-state index in [0.717, 1.165) is 29.8 Å². The van der Waals surface area contributed by atoms with Gasteiger partial charge in [0, 0.05) is 29.9 Å². The van der Waals surface area contributed by atoms with E-state index in [1.807, 2.05) is 31.2 Å². The van der Waals surface area contributed by atoms with Crippen LogP contribution in [-0.2, 0) is 6.42 Å².